The lowest BCUT2D eigenvalue weighted by atomic mass is 9.90. The molecule has 0 radical (unpaired) electrons. The number of rotatable bonds is 9. The van der Waals surface area contributed by atoms with Crippen molar-refractivity contribution in [1.29, 1.82) is 0 Å². The summed E-state index contributed by atoms with van der Waals surface area (Å²) in [7, 11) is 0. The molecule has 3 aromatic heterocycles. The Kier molecular flexibility index (Phi) is 10.3. The van der Waals surface area contributed by atoms with Gasteiger partial charge in [-0.25, -0.2) is 34.9 Å². The average molecular weight is 798 g/mol. The topological polar surface area (TPSA) is 90.2 Å². The molecule has 10 aromatic rings. The quantitative estimate of drug-likeness (QED) is 0.144. The molecule has 7 aromatic carbocycles. The van der Waals surface area contributed by atoms with Gasteiger partial charge in [-0.1, -0.05) is 182 Å². The lowest BCUT2D eigenvalue weighted by Crippen LogP contribution is -2.00. The van der Waals surface area contributed by atoms with E-state index in [0.717, 1.165) is 84.0 Å². The second-order valence-corrected chi connectivity index (χ2v) is 15.1. The first-order valence-corrected chi connectivity index (χ1v) is 20.6. The van der Waals surface area contributed by atoms with Gasteiger partial charge in [-0.05, 0) is 54.3 Å². The van der Waals surface area contributed by atoms with Gasteiger partial charge in [0.05, 0.1) is 11.4 Å². The third kappa shape index (κ3) is 7.90. The zero-order valence-electron chi connectivity index (χ0n) is 34.2. The molecule has 0 amide bonds. The number of aryl methyl sites for hydroxylation is 2. The van der Waals surface area contributed by atoms with E-state index in [4.69, 9.17) is 34.9 Å². The molecule has 62 heavy (non-hydrogen) atoms. The summed E-state index contributed by atoms with van der Waals surface area (Å²) in [6, 6.07) is 67.9. The molecular formula is C55H39N7. The van der Waals surface area contributed by atoms with Crippen molar-refractivity contribution in [2.45, 2.75) is 13.8 Å². The number of benzene rings is 7. The van der Waals surface area contributed by atoms with Crippen molar-refractivity contribution in [1.82, 2.24) is 34.9 Å². The Morgan fingerprint density at radius 3 is 1.13 bits per heavy atom. The molecule has 7 heteroatoms. The Morgan fingerprint density at radius 1 is 0.242 bits per heavy atom. The van der Waals surface area contributed by atoms with Crippen LogP contribution in [0.2, 0.25) is 0 Å². The third-order valence-electron chi connectivity index (χ3n) is 10.7. The summed E-state index contributed by atoms with van der Waals surface area (Å²) in [5, 5.41) is 0. The maximum absolute atomic E-state index is 5.13. The Morgan fingerprint density at radius 2 is 0.613 bits per heavy atom. The molecule has 0 fully saturated rings. The van der Waals surface area contributed by atoms with Gasteiger partial charge in [0.25, 0.3) is 0 Å². The van der Waals surface area contributed by atoms with Gasteiger partial charge in [0.15, 0.2) is 29.1 Å². The van der Waals surface area contributed by atoms with Gasteiger partial charge in [-0.3, -0.25) is 0 Å². The van der Waals surface area contributed by atoms with Gasteiger partial charge >= 0.3 is 0 Å². The van der Waals surface area contributed by atoms with Gasteiger partial charge in [0.2, 0.25) is 0 Å². The number of hydrogen-bond donors (Lipinski definition) is 0. The van der Waals surface area contributed by atoms with Crippen molar-refractivity contribution in [2.75, 3.05) is 0 Å². The van der Waals surface area contributed by atoms with Crippen molar-refractivity contribution >= 4 is 0 Å². The second kappa shape index (κ2) is 16.8. The van der Waals surface area contributed by atoms with Crippen LogP contribution in [0.5, 0.6) is 0 Å². The van der Waals surface area contributed by atoms with E-state index in [9.17, 15) is 0 Å². The minimum Gasteiger partial charge on any atom is -0.233 e. The van der Waals surface area contributed by atoms with Gasteiger partial charge in [-0.2, -0.15) is 0 Å². The van der Waals surface area contributed by atoms with Crippen LogP contribution >= 0.6 is 0 Å². The maximum Gasteiger partial charge on any atom is 0.164 e. The molecule has 3 heterocycles. The predicted molar refractivity (Wildman–Crippen MR) is 249 cm³/mol. The average Bonchev–Trinajstić information content (AvgIpc) is 3.34. The molecule has 0 saturated carbocycles. The summed E-state index contributed by atoms with van der Waals surface area (Å²) < 4.78 is 0. The van der Waals surface area contributed by atoms with Gasteiger partial charge in [0, 0.05) is 50.3 Å². The Bertz CT molecular complexity index is 3040. The fourth-order valence-electron chi connectivity index (χ4n) is 7.76. The van der Waals surface area contributed by atoms with E-state index in [2.05, 4.69) is 84.9 Å². The molecule has 0 aliphatic rings. The van der Waals surface area contributed by atoms with Crippen LogP contribution in [0.1, 0.15) is 11.4 Å². The highest BCUT2D eigenvalue weighted by Gasteiger charge is 2.20. The fourth-order valence-corrected chi connectivity index (χ4v) is 7.76. The van der Waals surface area contributed by atoms with Crippen LogP contribution in [0, 0.1) is 13.8 Å². The van der Waals surface area contributed by atoms with Crippen molar-refractivity contribution in [3.8, 4) is 102 Å². The normalized spacial score (nSPS) is 11.1. The van der Waals surface area contributed by atoms with E-state index in [-0.39, 0.29) is 0 Å². The zero-order chi connectivity index (χ0) is 41.8. The van der Waals surface area contributed by atoms with Crippen LogP contribution in [-0.2, 0) is 0 Å². The van der Waals surface area contributed by atoms with E-state index in [1.165, 1.54) is 0 Å². The fraction of sp³-hybridized carbons (Fsp3) is 0.0364. The van der Waals surface area contributed by atoms with Crippen molar-refractivity contribution in [3.63, 3.8) is 0 Å². The molecule has 0 atom stereocenters. The first kappa shape index (κ1) is 37.9. The van der Waals surface area contributed by atoms with Crippen molar-refractivity contribution < 1.29 is 0 Å². The minimum atomic E-state index is 0.600. The lowest BCUT2D eigenvalue weighted by molar-refractivity contribution is 1.06. The zero-order valence-corrected chi connectivity index (χ0v) is 34.2. The Labute approximate surface area is 360 Å². The maximum atomic E-state index is 5.13. The van der Waals surface area contributed by atoms with Gasteiger partial charge < -0.3 is 0 Å². The van der Waals surface area contributed by atoms with Crippen LogP contribution in [-0.4, -0.2) is 34.9 Å². The molecule has 0 spiro atoms. The molecule has 0 saturated heterocycles. The van der Waals surface area contributed by atoms with Crippen LogP contribution < -0.4 is 0 Å². The summed E-state index contributed by atoms with van der Waals surface area (Å²) in [5.74, 6) is 3.18. The second-order valence-electron chi connectivity index (χ2n) is 15.1. The first-order valence-electron chi connectivity index (χ1n) is 20.6. The van der Waals surface area contributed by atoms with Crippen LogP contribution in [0.3, 0.4) is 0 Å². The number of nitrogens with zero attached hydrogens (tertiary/aromatic N) is 7. The highest BCUT2D eigenvalue weighted by Crippen LogP contribution is 2.41. The monoisotopic (exact) mass is 797 g/mol. The third-order valence-corrected chi connectivity index (χ3v) is 10.7. The lowest BCUT2D eigenvalue weighted by Gasteiger charge is -2.17. The first-order chi connectivity index (χ1) is 30.5. The predicted octanol–water partition coefficient (Wildman–Crippen LogP) is 13.1. The largest absolute Gasteiger partial charge is 0.233 e. The van der Waals surface area contributed by atoms with E-state index >= 15 is 0 Å². The summed E-state index contributed by atoms with van der Waals surface area (Å²) in [5.41, 5.74) is 14.2. The number of aromatic nitrogens is 7. The van der Waals surface area contributed by atoms with E-state index < -0.39 is 0 Å². The van der Waals surface area contributed by atoms with Gasteiger partial charge in [-0.15, -0.1) is 0 Å². The highest BCUT2D eigenvalue weighted by atomic mass is 15.0. The molecule has 10 rings (SSSR count). The molecule has 0 bridgehead atoms. The summed E-state index contributed by atoms with van der Waals surface area (Å²) >= 11 is 0. The molecule has 294 valence electrons. The van der Waals surface area contributed by atoms with E-state index in [1.807, 2.05) is 129 Å². The van der Waals surface area contributed by atoms with Gasteiger partial charge in [0.1, 0.15) is 0 Å². The van der Waals surface area contributed by atoms with Crippen LogP contribution in [0.15, 0.2) is 200 Å². The van der Waals surface area contributed by atoms with E-state index in [0.29, 0.717) is 29.1 Å². The van der Waals surface area contributed by atoms with E-state index in [1.54, 1.807) is 0 Å². The summed E-state index contributed by atoms with van der Waals surface area (Å²) in [6.45, 7) is 4.03. The standard InChI is InChI=1S/C55H39N7/c1-36-33-37(2)57-55(56-36)50-46(38-29-31-43(32-30-38)54-61-52(41-21-11-5-12-22-41)60-53(62-54)42-23-13-6-14-24-42)27-16-28-47(50)44-25-15-26-45(34-44)49-35-48(39-17-7-3-8-18-39)58-51(59-49)40-19-9-4-10-20-40/h3-35H,1-2H3. The molecule has 7 nitrogen and oxygen atoms in total. The van der Waals surface area contributed by atoms with Crippen LogP contribution in [0.25, 0.3) is 102 Å². The SMILES string of the molecule is Cc1cc(C)nc(-c2c(-c3ccc(-c4nc(-c5ccccc5)nc(-c5ccccc5)n4)cc3)cccc2-c2cccc(-c3cc(-c4ccccc4)nc(-c4ccccc4)n3)c2)n1. The molecular weight excluding hydrogens is 759 g/mol. The summed E-state index contributed by atoms with van der Waals surface area (Å²) in [4.78, 5) is 35.0. The molecule has 0 unspecified atom stereocenters. The molecule has 0 aliphatic carbocycles. The Balaban J connectivity index is 1.09. The van der Waals surface area contributed by atoms with Crippen molar-refractivity contribution in [2.24, 2.45) is 0 Å². The minimum absolute atomic E-state index is 0.600. The van der Waals surface area contributed by atoms with Crippen LogP contribution in [0.4, 0.5) is 0 Å². The Hall–Kier alpha value is -8.29. The number of hydrogen-bond acceptors (Lipinski definition) is 7. The highest BCUT2D eigenvalue weighted by molar-refractivity contribution is 5.93. The van der Waals surface area contributed by atoms with Crippen molar-refractivity contribution in [3.05, 3.63) is 212 Å². The summed E-state index contributed by atoms with van der Waals surface area (Å²) in [6.07, 6.45) is 0. The molecule has 0 N–H and O–H groups in total. The molecule has 0 aliphatic heterocycles. The smallest absolute Gasteiger partial charge is 0.164 e.